The average molecular weight is 401 g/mol. The summed E-state index contributed by atoms with van der Waals surface area (Å²) in [5.41, 5.74) is 6.26. The maximum atomic E-state index is 12.7. The molecule has 0 aromatic heterocycles. The Hall–Kier alpha value is -2.60. The van der Waals surface area contributed by atoms with Gasteiger partial charge >= 0.3 is 12.1 Å². The second-order valence-corrected chi connectivity index (χ2v) is 8.21. The maximum absolute atomic E-state index is 12.7. The molecule has 2 N–H and O–H groups in total. The van der Waals surface area contributed by atoms with Gasteiger partial charge in [0.1, 0.15) is 11.6 Å². The summed E-state index contributed by atoms with van der Waals surface area (Å²) in [5.74, 6) is -0.412. The van der Waals surface area contributed by atoms with Crippen LogP contribution in [0.3, 0.4) is 0 Å². The van der Waals surface area contributed by atoms with Crippen LogP contribution in [0.5, 0.6) is 0 Å². The zero-order chi connectivity index (χ0) is 21.4. The summed E-state index contributed by atoms with van der Waals surface area (Å²) in [6.45, 7) is 6.55. The van der Waals surface area contributed by atoms with E-state index in [0.717, 1.165) is 22.8 Å². The molecule has 0 radical (unpaired) electrons. The van der Waals surface area contributed by atoms with E-state index in [1.807, 2.05) is 39.0 Å². The molecule has 2 aromatic rings. The monoisotopic (exact) mass is 400 g/mol. The summed E-state index contributed by atoms with van der Waals surface area (Å²) >= 11 is 0. The molecule has 0 bridgehead atoms. The SMILES string of the molecule is COC(=O)[C@@H](N)CCCCN(Cc1ccc2ccccc2c1)C(=O)OC(C)(C)C. The van der Waals surface area contributed by atoms with Crippen LogP contribution in [0.25, 0.3) is 10.8 Å². The fourth-order valence-corrected chi connectivity index (χ4v) is 3.06. The van der Waals surface area contributed by atoms with Crippen LogP contribution in [-0.2, 0) is 20.8 Å². The first-order valence-electron chi connectivity index (χ1n) is 9.98. The van der Waals surface area contributed by atoms with Crippen LogP contribution in [0.2, 0.25) is 0 Å². The van der Waals surface area contributed by atoms with E-state index in [9.17, 15) is 9.59 Å². The van der Waals surface area contributed by atoms with Crippen molar-refractivity contribution in [3.63, 3.8) is 0 Å². The molecular formula is C23H32N2O4. The fourth-order valence-electron chi connectivity index (χ4n) is 3.06. The third-order valence-corrected chi connectivity index (χ3v) is 4.54. The summed E-state index contributed by atoms with van der Waals surface area (Å²) in [6, 6.07) is 13.7. The Morgan fingerprint density at radius 2 is 1.76 bits per heavy atom. The maximum Gasteiger partial charge on any atom is 0.410 e. The number of rotatable bonds is 8. The van der Waals surface area contributed by atoms with E-state index >= 15 is 0 Å². The van der Waals surface area contributed by atoms with Crippen molar-refractivity contribution < 1.29 is 19.1 Å². The molecule has 0 aliphatic carbocycles. The molecule has 0 saturated carbocycles. The largest absolute Gasteiger partial charge is 0.468 e. The lowest BCUT2D eigenvalue weighted by Gasteiger charge is -2.27. The number of methoxy groups -OCH3 is 1. The second-order valence-electron chi connectivity index (χ2n) is 8.21. The smallest absolute Gasteiger partial charge is 0.410 e. The van der Waals surface area contributed by atoms with E-state index < -0.39 is 17.6 Å². The van der Waals surface area contributed by atoms with Crippen LogP contribution in [0, 0.1) is 0 Å². The fraction of sp³-hybridized carbons (Fsp3) is 0.478. The number of nitrogens with zero attached hydrogens (tertiary/aromatic N) is 1. The van der Waals surface area contributed by atoms with Crippen molar-refractivity contribution in [2.75, 3.05) is 13.7 Å². The first-order chi connectivity index (χ1) is 13.7. The first kappa shape index (κ1) is 22.7. The molecule has 0 fully saturated rings. The zero-order valence-electron chi connectivity index (χ0n) is 17.8. The summed E-state index contributed by atoms with van der Waals surface area (Å²) in [7, 11) is 1.33. The van der Waals surface area contributed by atoms with Crippen LogP contribution < -0.4 is 5.73 Å². The minimum absolute atomic E-state index is 0.345. The predicted molar refractivity (Wildman–Crippen MR) is 114 cm³/mol. The van der Waals surface area contributed by atoms with Gasteiger partial charge in [-0.1, -0.05) is 36.4 Å². The molecule has 29 heavy (non-hydrogen) atoms. The molecule has 0 spiro atoms. The molecule has 0 unspecified atom stereocenters. The van der Waals surface area contributed by atoms with E-state index in [-0.39, 0.29) is 6.09 Å². The van der Waals surface area contributed by atoms with E-state index in [1.165, 1.54) is 7.11 Å². The number of hydrogen-bond acceptors (Lipinski definition) is 5. The van der Waals surface area contributed by atoms with Gasteiger partial charge in [-0.25, -0.2) is 4.79 Å². The first-order valence-corrected chi connectivity index (χ1v) is 9.98. The van der Waals surface area contributed by atoms with Gasteiger partial charge in [0, 0.05) is 13.1 Å². The van der Waals surface area contributed by atoms with Crippen LogP contribution in [-0.4, -0.2) is 42.3 Å². The Bertz CT molecular complexity index is 829. The number of carbonyl (C=O) groups is 2. The van der Waals surface area contributed by atoms with Crippen LogP contribution >= 0.6 is 0 Å². The lowest BCUT2D eigenvalue weighted by atomic mass is 10.1. The molecule has 0 heterocycles. The summed E-state index contributed by atoms with van der Waals surface area (Å²) in [5, 5.41) is 2.30. The Morgan fingerprint density at radius 3 is 2.41 bits per heavy atom. The Balaban J connectivity index is 2.03. The Kier molecular flexibility index (Phi) is 8.02. The van der Waals surface area contributed by atoms with Gasteiger partial charge in [0.15, 0.2) is 0 Å². The molecule has 2 rings (SSSR count). The molecule has 6 nitrogen and oxygen atoms in total. The van der Waals surface area contributed by atoms with Gasteiger partial charge in [0.05, 0.1) is 7.11 Å². The number of fused-ring (bicyclic) bond motifs is 1. The van der Waals surface area contributed by atoms with Gasteiger partial charge in [-0.2, -0.15) is 0 Å². The lowest BCUT2D eigenvalue weighted by molar-refractivity contribution is -0.142. The Labute approximate surface area is 173 Å². The second kappa shape index (κ2) is 10.3. The zero-order valence-corrected chi connectivity index (χ0v) is 17.8. The van der Waals surface area contributed by atoms with Gasteiger partial charge in [-0.3, -0.25) is 4.79 Å². The van der Waals surface area contributed by atoms with Crippen LogP contribution in [0.15, 0.2) is 42.5 Å². The van der Waals surface area contributed by atoms with Gasteiger partial charge in [-0.05, 0) is 62.4 Å². The van der Waals surface area contributed by atoms with Crippen molar-refractivity contribution in [2.24, 2.45) is 5.73 Å². The number of amides is 1. The van der Waals surface area contributed by atoms with Crippen LogP contribution in [0.1, 0.15) is 45.6 Å². The highest BCUT2D eigenvalue weighted by molar-refractivity contribution is 5.83. The number of unbranched alkanes of at least 4 members (excludes halogenated alkanes) is 1. The molecule has 158 valence electrons. The van der Waals surface area contributed by atoms with Gasteiger partial charge < -0.3 is 20.1 Å². The third kappa shape index (κ3) is 7.38. The molecule has 0 aliphatic heterocycles. The van der Waals surface area contributed by atoms with Crippen molar-refractivity contribution in [3.05, 3.63) is 48.0 Å². The van der Waals surface area contributed by atoms with Gasteiger partial charge in [0.25, 0.3) is 0 Å². The number of carbonyl (C=O) groups excluding carboxylic acids is 2. The molecule has 0 aliphatic rings. The van der Waals surface area contributed by atoms with Crippen molar-refractivity contribution in [3.8, 4) is 0 Å². The minimum atomic E-state index is -0.629. The van der Waals surface area contributed by atoms with E-state index in [4.69, 9.17) is 10.5 Å². The number of nitrogens with two attached hydrogens (primary N) is 1. The molecule has 1 atom stereocenters. The highest BCUT2D eigenvalue weighted by atomic mass is 16.6. The molecule has 1 amide bonds. The molecule has 0 saturated heterocycles. The molecule has 2 aromatic carbocycles. The number of esters is 1. The van der Waals surface area contributed by atoms with Gasteiger partial charge in [-0.15, -0.1) is 0 Å². The van der Waals surface area contributed by atoms with E-state index in [1.54, 1.807) is 4.90 Å². The summed E-state index contributed by atoms with van der Waals surface area (Å²) in [6.07, 6.45) is 1.61. The van der Waals surface area contributed by atoms with Crippen molar-refractivity contribution in [2.45, 2.75) is 58.2 Å². The van der Waals surface area contributed by atoms with E-state index in [0.29, 0.717) is 25.9 Å². The third-order valence-electron chi connectivity index (χ3n) is 4.54. The van der Waals surface area contributed by atoms with Crippen LogP contribution in [0.4, 0.5) is 4.79 Å². The minimum Gasteiger partial charge on any atom is -0.468 e. The topological polar surface area (TPSA) is 81.9 Å². The normalized spacial score (nSPS) is 12.4. The average Bonchev–Trinajstić information content (AvgIpc) is 2.67. The van der Waals surface area contributed by atoms with Gasteiger partial charge in [0.2, 0.25) is 0 Å². The number of ether oxygens (including phenoxy) is 2. The highest BCUT2D eigenvalue weighted by Gasteiger charge is 2.22. The van der Waals surface area contributed by atoms with Crippen molar-refractivity contribution in [1.82, 2.24) is 4.90 Å². The predicted octanol–water partition coefficient (Wildman–Crippen LogP) is 4.25. The van der Waals surface area contributed by atoms with Crippen molar-refractivity contribution >= 4 is 22.8 Å². The summed E-state index contributed by atoms with van der Waals surface area (Å²) in [4.78, 5) is 25.8. The number of benzene rings is 2. The Morgan fingerprint density at radius 1 is 1.07 bits per heavy atom. The summed E-state index contributed by atoms with van der Waals surface area (Å²) < 4.78 is 10.2. The quantitative estimate of drug-likeness (QED) is 0.529. The van der Waals surface area contributed by atoms with E-state index in [2.05, 4.69) is 29.0 Å². The standard InChI is InChI=1S/C23H32N2O4/c1-23(2,3)29-22(27)25(14-8-7-11-20(24)21(26)28-4)16-17-12-13-18-9-5-6-10-19(18)15-17/h5-6,9-10,12-13,15,20H,7-8,11,14,16,24H2,1-4H3/t20-/m0/s1. The molecule has 6 heteroatoms. The molecular weight excluding hydrogens is 368 g/mol. The number of hydrogen-bond donors (Lipinski definition) is 1. The highest BCUT2D eigenvalue weighted by Crippen LogP contribution is 2.19. The lowest BCUT2D eigenvalue weighted by Crippen LogP contribution is -2.37. The van der Waals surface area contributed by atoms with Crippen molar-refractivity contribution in [1.29, 1.82) is 0 Å².